The van der Waals surface area contributed by atoms with E-state index in [9.17, 15) is 9.59 Å². The molecule has 2 aromatic carbocycles. The summed E-state index contributed by atoms with van der Waals surface area (Å²) >= 11 is 0. The summed E-state index contributed by atoms with van der Waals surface area (Å²) in [6.45, 7) is 1.14. The highest BCUT2D eigenvalue weighted by atomic mass is 16.2. The van der Waals surface area contributed by atoms with Crippen molar-refractivity contribution < 1.29 is 9.59 Å². The van der Waals surface area contributed by atoms with Gasteiger partial charge in [-0.25, -0.2) is 4.79 Å². The highest BCUT2D eigenvalue weighted by Crippen LogP contribution is 2.12. The van der Waals surface area contributed by atoms with Crippen LogP contribution in [0.25, 0.3) is 0 Å². The number of nitrogens with one attached hydrogen (secondary N) is 1. The Hall–Kier alpha value is -3.02. The number of amides is 3. The maximum Gasteiger partial charge on any atom is 0.317 e. The van der Waals surface area contributed by atoms with Crippen LogP contribution in [0.3, 0.4) is 0 Å². The number of hydrogen-bond donors (Lipinski definition) is 2. The van der Waals surface area contributed by atoms with E-state index < -0.39 is 5.91 Å². The van der Waals surface area contributed by atoms with Crippen molar-refractivity contribution in [2.24, 2.45) is 5.73 Å². The summed E-state index contributed by atoms with van der Waals surface area (Å²) in [6, 6.07) is 17.4. The van der Waals surface area contributed by atoms with Crippen molar-refractivity contribution in [3.63, 3.8) is 0 Å². The van der Waals surface area contributed by atoms with Gasteiger partial charge in [0.15, 0.2) is 0 Å². The fraction of sp³-hybridized carbons (Fsp3) is 0.300. The molecular formula is C20H26N4O2. The van der Waals surface area contributed by atoms with Gasteiger partial charge in [0.05, 0.1) is 0 Å². The highest BCUT2D eigenvalue weighted by Gasteiger charge is 2.14. The Morgan fingerprint density at radius 3 is 2.19 bits per heavy atom. The normalized spacial score (nSPS) is 10.2. The second kappa shape index (κ2) is 9.46. The third-order valence-electron chi connectivity index (χ3n) is 4.03. The summed E-state index contributed by atoms with van der Waals surface area (Å²) < 4.78 is 0. The van der Waals surface area contributed by atoms with E-state index in [1.807, 2.05) is 73.6 Å². The third kappa shape index (κ3) is 6.12. The summed E-state index contributed by atoms with van der Waals surface area (Å²) in [5.74, 6) is -0.421. The standard InChI is InChI=1S/C20H26N4O2/c1-23(2)18-10-8-16(9-11-18)14-22-20(26)24(13-12-19(21)25)15-17-6-4-3-5-7-17/h3-11H,12-15H2,1-2H3,(H2,21,25)(H,22,26). The van der Waals surface area contributed by atoms with Gasteiger partial charge in [-0.3, -0.25) is 4.79 Å². The average Bonchev–Trinajstić information content (AvgIpc) is 2.64. The Kier molecular flexibility index (Phi) is 7.02. The summed E-state index contributed by atoms with van der Waals surface area (Å²) in [5.41, 5.74) is 8.36. The van der Waals surface area contributed by atoms with E-state index in [1.165, 1.54) is 0 Å². The largest absolute Gasteiger partial charge is 0.378 e. The average molecular weight is 354 g/mol. The van der Waals surface area contributed by atoms with Crippen molar-refractivity contribution in [1.82, 2.24) is 10.2 Å². The van der Waals surface area contributed by atoms with Gasteiger partial charge >= 0.3 is 6.03 Å². The van der Waals surface area contributed by atoms with Crippen LogP contribution in [-0.4, -0.2) is 37.5 Å². The first-order chi connectivity index (χ1) is 12.5. The molecule has 2 rings (SSSR count). The Morgan fingerprint density at radius 1 is 0.962 bits per heavy atom. The predicted octanol–water partition coefficient (Wildman–Crippen LogP) is 2.34. The second-order valence-corrected chi connectivity index (χ2v) is 6.34. The number of rotatable bonds is 8. The van der Waals surface area contributed by atoms with E-state index in [0.717, 1.165) is 16.8 Å². The molecule has 0 spiro atoms. The van der Waals surface area contributed by atoms with Crippen LogP contribution in [0.2, 0.25) is 0 Å². The van der Waals surface area contributed by atoms with Crippen molar-refractivity contribution in [1.29, 1.82) is 0 Å². The van der Waals surface area contributed by atoms with Gasteiger partial charge in [0.2, 0.25) is 5.91 Å². The molecule has 0 radical (unpaired) electrons. The molecule has 138 valence electrons. The fourth-order valence-electron chi connectivity index (χ4n) is 2.50. The maximum atomic E-state index is 12.6. The lowest BCUT2D eigenvalue weighted by atomic mass is 10.2. The van der Waals surface area contributed by atoms with Crippen LogP contribution in [0.1, 0.15) is 17.5 Å². The minimum atomic E-state index is -0.421. The van der Waals surface area contributed by atoms with E-state index in [2.05, 4.69) is 5.32 Å². The summed E-state index contributed by atoms with van der Waals surface area (Å²) in [6.07, 6.45) is 0.137. The first-order valence-electron chi connectivity index (χ1n) is 8.57. The van der Waals surface area contributed by atoms with Crippen LogP contribution in [0.15, 0.2) is 54.6 Å². The number of anilines is 1. The minimum absolute atomic E-state index is 0.137. The number of carbonyl (C=O) groups is 2. The van der Waals surface area contributed by atoms with E-state index in [4.69, 9.17) is 5.73 Å². The van der Waals surface area contributed by atoms with Crippen LogP contribution in [0, 0.1) is 0 Å². The molecule has 0 aliphatic carbocycles. The zero-order chi connectivity index (χ0) is 18.9. The maximum absolute atomic E-state index is 12.6. The molecule has 0 aliphatic heterocycles. The molecule has 0 saturated heterocycles. The number of primary amides is 1. The lowest BCUT2D eigenvalue weighted by molar-refractivity contribution is -0.118. The third-order valence-corrected chi connectivity index (χ3v) is 4.03. The van der Waals surface area contributed by atoms with E-state index in [-0.39, 0.29) is 19.0 Å². The monoisotopic (exact) mass is 354 g/mol. The number of urea groups is 1. The van der Waals surface area contributed by atoms with Gasteiger partial charge in [-0.05, 0) is 23.3 Å². The minimum Gasteiger partial charge on any atom is -0.378 e. The predicted molar refractivity (Wildman–Crippen MR) is 104 cm³/mol. The Morgan fingerprint density at radius 2 is 1.62 bits per heavy atom. The van der Waals surface area contributed by atoms with Crippen LogP contribution >= 0.6 is 0 Å². The molecule has 0 fully saturated rings. The molecule has 0 aromatic heterocycles. The summed E-state index contributed by atoms with van der Waals surface area (Å²) in [7, 11) is 3.97. The van der Waals surface area contributed by atoms with E-state index in [0.29, 0.717) is 13.1 Å². The van der Waals surface area contributed by atoms with Crippen LogP contribution < -0.4 is 16.0 Å². The Bertz CT molecular complexity index is 714. The number of hydrogen-bond acceptors (Lipinski definition) is 3. The van der Waals surface area contributed by atoms with Gasteiger partial charge in [-0.15, -0.1) is 0 Å². The number of benzene rings is 2. The summed E-state index contributed by atoms with van der Waals surface area (Å²) in [5, 5.41) is 2.91. The first kappa shape index (κ1) is 19.3. The van der Waals surface area contributed by atoms with Crippen molar-refractivity contribution in [2.45, 2.75) is 19.5 Å². The lowest BCUT2D eigenvalue weighted by Crippen LogP contribution is -2.40. The zero-order valence-corrected chi connectivity index (χ0v) is 15.3. The van der Waals surface area contributed by atoms with Crippen molar-refractivity contribution in [3.8, 4) is 0 Å². The molecule has 0 atom stereocenters. The second-order valence-electron chi connectivity index (χ2n) is 6.34. The molecular weight excluding hydrogens is 328 g/mol. The first-order valence-corrected chi connectivity index (χ1v) is 8.57. The molecule has 3 amide bonds. The number of nitrogens with two attached hydrogens (primary N) is 1. The van der Waals surface area contributed by atoms with E-state index in [1.54, 1.807) is 4.90 Å². The molecule has 0 unspecified atom stereocenters. The quantitative estimate of drug-likeness (QED) is 0.764. The molecule has 0 saturated carbocycles. The zero-order valence-electron chi connectivity index (χ0n) is 15.3. The van der Waals surface area contributed by atoms with Crippen LogP contribution in [0.5, 0.6) is 0 Å². The molecule has 0 bridgehead atoms. The van der Waals surface area contributed by atoms with Gasteiger partial charge in [-0.2, -0.15) is 0 Å². The van der Waals surface area contributed by atoms with Crippen molar-refractivity contribution >= 4 is 17.6 Å². The van der Waals surface area contributed by atoms with Gasteiger partial charge < -0.3 is 20.9 Å². The Labute approximate surface area is 154 Å². The van der Waals surface area contributed by atoms with Crippen LogP contribution in [0.4, 0.5) is 10.5 Å². The molecule has 6 nitrogen and oxygen atoms in total. The smallest absolute Gasteiger partial charge is 0.317 e. The van der Waals surface area contributed by atoms with E-state index >= 15 is 0 Å². The Balaban J connectivity index is 1.97. The fourth-order valence-corrected chi connectivity index (χ4v) is 2.50. The number of nitrogens with zero attached hydrogens (tertiary/aromatic N) is 2. The number of carbonyl (C=O) groups excluding carboxylic acids is 2. The van der Waals surface area contributed by atoms with Gasteiger partial charge in [0.1, 0.15) is 0 Å². The van der Waals surface area contributed by atoms with Gasteiger partial charge in [-0.1, -0.05) is 42.5 Å². The summed E-state index contributed by atoms with van der Waals surface area (Å²) in [4.78, 5) is 27.3. The van der Waals surface area contributed by atoms with Gasteiger partial charge in [0.25, 0.3) is 0 Å². The van der Waals surface area contributed by atoms with Crippen molar-refractivity contribution in [2.75, 3.05) is 25.5 Å². The topological polar surface area (TPSA) is 78.7 Å². The molecule has 6 heteroatoms. The molecule has 2 aromatic rings. The van der Waals surface area contributed by atoms with Crippen LogP contribution in [-0.2, 0) is 17.9 Å². The molecule has 0 heterocycles. The molecule has 3 N–H and O–H groups in total. The van der Waals surface area contributed by atoms with Crippen molar-refractivity contribution in [3.05, 3.63) is 65.7 Å². The lowest BCUT2D eigenvalue weighted by Gasteiger charge is -2.23. The highest BCUT2D eigenvalue weighted by molar-refractivity contribution is 5.77. The van der Waals surface area contributed by atoms with Gasteiger partial charge in [0, 0.05) is 45.8 Å². The molecule has 26 heavy (non-hydrogen) atoms. The SMILES string of the molecule is CN(C)c1ccc(CNC(=O)N(CCC(N)=O)Cc2ccccc2)cc1. The molecule has 0 aliphatic rings.